The number of hydrogen-bond donors (Lipinski definition) is 2. The van der Waals surface area contributed by atoms with Crippen LogP contribution in [0.5, 0.6) is 0 Å². The maximum atomic E-state index is 12.4. The van der Waals surface area contributed by atoms with Crippen molar-refractivity contribution in [3.63, 3.8) is 0 Å². The minimum absolute atomic E-state index is 0.0767. The van der Waals surface area contributed by atoms with Gasteiger partial charge in [0.2, 0.25) is 11.8 Å². The number of fused-ring (bicyclic) bond motifs is 1. The first-order chi connectivity index (χ1) is 21.8. The summed E-state index contributed by atoms with van der Waals surface area (Å²) >= 11 is 0. The van der Waals surface area contributed by atoms with E-state index in [9.17, 15) is 14.4 Å². The number of benzene rings is 2. The summed E-state index contributed by atoms with van der Waals surface area (Å²) in [7, 11) is 1.88. The second-order valence-corrected chi connectivity index (χ2v) is 12.7. The fraction of sp³-hybridized carbons (Fsp3) is 0.583. The summed E-state index contributed by atoms with van der Waals surface area (Å²) in [6.07, 6.45) is 7.47. The number of hydrogen-bond acceptors (Lipinski definition) is 6. The van der Waals surface area contributed by atoms with Gasteiger partial charge in [0.15, 0.2) is 0 Å². The number of amides is 3. The molecule has 0 bridgehead atoms. The highest BCUT2D eigenvalue weighted by Crippen LogP contribution is 2.43. The number of likely N-dealkylation sites (N-methyl/N-ethyl adjacent to an activating group) is 1. The molecule has 4 aliphatic rings. The number of carbonyl (C=O) groups excluding carboxylic acids is 3. The summed E-state index contributed by atoms with van der Waals surface area (Å²) in [5.41, 5.74) is 10.7. The normalized spacial score (nSPS) is 18.0. The molecule has 0 radical (unpaired) electrons. The summed E-state index contributed by atoms with van der Waals surface area (Å²) in [6.45, 7) is 9.07. The molecular formula is C36H53N5O4. The first kappa shape index (κ1) is 34.4. The quantitative estimate of drug-likeness (QED) is 0.242. The van der Waals surface area contributed by atoms with Crippen molar-refractivity contribution < 1.29 is 19.1 Å². The molecule has 9 heteroatoms. The number of rotatable bonds is 14. The van der Waals surface area contributed by atoms with Crippen LogP contribution in [0, 0.1) is 5.92 Å². The number of nitrogens with two attached hydrogens (primary N) is 1. The van der Waals surface area contributed by atoms with Gasteiger partial charge in [-0.2, -0.15) is 0 Å². The minimum Gasteiger partial charge on any atom is -0.446 e. The average molecular weight is 620 g/mol. The number of nitrogens with zero attached hydrogens (tertiary/aromatic N) is 3. The van der Waals surface area contributed by atoms with E-state index in [2.05, 4.69) is 70.6 Å². The van der Waals surface area contributed by atoms with Crippen LogP contribution in [0.15, 0.2) is 48.5 Å². The van der Waals surface area contributed by atoms with E-state index in [0.29, 0.717) is 6.42 Å². The van der Waals surface area contributed by atoms with Crippen molar-refractivity contribution in [3.05, 3.63) is 48.5 Å². The van der Waals surface area contributed by atoms with Gasteiger partial charge in [0.25, 0.3) is 0 Å². The van der Waals surface area contributed by atoms with Crippen molar-refractivity contribution >= 4 is 17.9 Å². The lowest BCUT2D eigenvalue weighted by molar-refractivity contribution is -0.130. The SMILES string of the molecule is CCCNC(=O)C1CCCN(CCCCCC(=O)N(C)CCN2CCC(OC(N)=O)CC2)C1.c1ccc(-c2cc3ccc2-3)cc1. The zero-order chi connectivity index (χ0) is 32.0. The van der Waals surface area contributed by atoms with E-state index >= 15 is 0 Å². The number of unbranched alkanes of at least 4 members (excludes halogenated alkanes) is 2. The van der Waals surface area contributed by atoms with E-state index in [-0.39, 0.29) is 23.8 Å². The molecule has 1 aromatic rings. The molecule has 2 aliphatic carbocycles. The molecule has 0 aromatic heterocycles. The minimum atomic E-state index is -0.700. The van der Waals surface area contributed by atoms with Gasteiger partial charge in [0, 0.05) is 52.7 Å². The van der Waals surface area contributed by atoms with Crippen molar-refractivity contribution in [2.75, 3.05) is 59.4 Å². The van der Waals surface area contributed by atoms with Crippen LogP contribution in [0.4, 0.5) is 4.79 Å². The van der Waals surface area contributed by atoms with E-state index in [1.54, 1.807) is 0 Å². The van der Waals surface area contributed by atoms with Crippen LogP contribution in [0.3, 0.4) is 0 Å². The summed E-state index contributed by atoms with van der Waals surface area (Å²) in [5, 5.41) is 3.03. The Morgan fingerprint density at radius 2 is 1.69 bits per heavy atom. The smallest absolute Gasteiger partial charge is 0.404 e. The molecule has 1 atom stereocenters. The van der Waals surface area contributed by atoms with E-state index in [0.717, 1.165) is 104 Å². The molecule has 3 N–H and O–H groups in total. The van der Waals surface area contributed by atoms with Gasteiger partial charge in [-0.3, -0.25) is 9.59 Å². The van der Waals surface area contributed by atoms with Crippen molar-refractivity contribution in [1.29, 1.82) is 0 Å². The van der Waals surface area contributed by atoms with Gasteiger partial charge in [-0.05, 0) is 86.4 Å². The maximum Gasteiger partial charge on any atom is 0.404 e. The molecule has 5 rings (SSSR count). The fourth-order valence-corrected chi connectivity index (χ4v) is 6.32. The Morgan fingerprint density at radius 1 is 0.911 bits per heavy atom. The van der Waals surface area contributed by atoms with Crippen molar-refractivity contribution in [2.24, 2.45) is 11.7 Å². The zero-order valence-corrected chi connectivity index (χ0v) is 27.3. The second-order valence-electron chi connectivity index (χ2n) is 12.7. The first-order valence-electron chi connectivity index (χ1n) is 17.0. The van der Waals surface area contributed by atoms with Gasteiger partial charge in [-0.1, -0.05) is 55.8 Å². The summed E-state index contributed by atoms with van der Waals surface area (Å²) < 4.78 is 5.06. The Labute approximate surface area is 269 Å². The molecule has 9 nitrogen and oxygen atoms in total. The van der Waals surface area contributed by atoms with Gasteiger partial charge in [0.1, 0.15) is 6.10 Å². The molecule has 2 saturated heterocycles. The number of nitrogens with one attached hydrogen (secondary N) is 1. The lowest BCUT2D eigenvalue weighted by Crippen LogP contribution is -2.43. The number of carbonyl (C=O) groups is 3. The Morgan fingerprint density at radius 3 is 2.33 bits per heavy atom. The molecule has 45 heavy (non-hydrogen) atoms. The van der Waals surface area contributed by atoms with Crippen molar-refractivity contribution in [1.82, 2.24) is 20.0 Å². The Bertz CT molecular complexity index is 1230. The van der Waals surface area contributed by atoms with Crippen LogP contribution in [0.1, 0.15) is 64.7 Å². The van der Waals surface area contributed by atoms with Crippen LogP contribution < -0.4 is 11.1 Å². The third-order valence-corrected chi connectivity index (χ3v) is 9.20. The van der Waals surface area contributed by atoms with Gasteiger partial charge in [0.05, 0.1) is 5.92 Å². The van der Waals surface area contributed by atoms with Gasteiger partial charge in [-0.15, -0.1) is 0 Å². The Hall–Kier alpha value is -3.43. The molecule has 0 saturated carbocycles. The van der Waals surface area contributed by atoms with Crippen LogP contribution >= 0.6 is 0 Å². The highest BCUT2D eigenvalue weighted by molar-refractivity contribution is 5.95. The third kappa shape index (κ3) is 10.9. The van der Waals surface area contributed by atoms with E-state index in [1.807, 2.05) is 11.9 Å². The zero-order valence-electron chi connectivity index (χ0n) is 27.3. The number of likely N-dealkylation sites (tertiary alicyclic amines) is 2. The molecule has 246 valence electrons. The molecular weight excluding hydrogens is 566 g/mol. The highest BCUT2D eigenvalue weighted by atomic mass is 16.6. The molecule has 1 aromatic carbocycles. The monoisotopic (exact) mass is 619 g/mol. The summed E-state index contributed by atoms with van der Waals surface area (Å²) in [4.78, 5) is 42.0. The number of primary amides is 1. The molecule has 2 fully saturated rings. The lowest BCUT2D eigenvalue weighted by Gasteiger charge is -2.32. The Balaban J connectivity index is 0.000000313. The topological polar surface area (TPSA) is 108 Å². The molecule has 3 amide bonds. The highest BCUT2D eigenvalue weighted by Gasteiger charge is 2.25. The maximum absolute atomic E-state index is 12.4. The average Bonchev–Trinajstić information content (AvgIpc) is 3.04. The van der Waals surface area contributed by atoms with Crippen LogP contribution in [-0.4, -0.2) is 98.1 Å². The predicted octanol–water partition coefficient (Wildman–Crippen LogP) is 5.14. The van der Waals surface area contributed by atoms with E-state index in [1.165, 1.54) is 22.3 Å². The first-order valence-corrected chi connectivity index (χ1v) is 17.0. The van der Waals surface area contributed by atoms with Gasteiger partial charge >= 0.3 is 6.09 Å². The number of piperidine rings is 2. The number of ether oxygens (including phenoxy) is 1. The van der Waals surface area contributed by atoms with Gasteiger partial charge < -0.3 is 30.5 Å². The molecule has 1 unspecified atom stereocenters. The lowest BCUT2D eigenvalue weighted by atomic mass is 9.83. The van der Waals surface area contributed by atoms with E-state index in [4.69, 9.17) is 10.5 Å². The van der Waals surface area contributed by atoms with E-state index < -0.39 is 6.09 Å². The molecule has 0 spiro atoms. The summed E-state index contributed by atoms with van der Waals surface area (Å²) in [6, 6.07) is 17.1. The predicted molar refractivity (Wildman–Crippen MR) is 180 cm³/mol. The van der Waals surface area contributed by atoms with Crippen LogP contribution in [0.25, 0.3) is 22.3 Å². The second kappa shape index (κ2) is 17.9. The Kier molecular flexibility index (Phi) is 13.7. The molecule has 2 aliphatic heterocycles. The van der Waals surface area contributed by atoms with Crippen molar-refractivity contribution in [3.8, 4) is 22.3 Å². The van der Waals surface area contributed by atoms with Crippen LogP contribution in [0.2, 0.25) is 0 Å². The molecule has 2 heterocycles. The fourth-order valence-electron chi connectivity index (χ4n) is 6.32. The van der Waals surface area contributed by atoms with Gasteiger partial charge in [-0.25, -0.2) is 4.79 Å². The summed E-state index contributed by atoms with van der Waals surface area (Å²) in [5.74, 6) is 0.535. The third-order valence-electron chi connectivity index (χ3n) is 9.20. The van der Waals surface area contributed by atoms with Crippen molar-refractivity contribution in [2.45, 2.75) is 70.8 Å². The van der Waals surface area contributed by atoms with Crippen LogP contribution in [-0.2, 0) is 14.3 Å². The standard InChI is InChI=1S/C24H45N5O4.C12H8/c1-3-12-26-23(31)20-8-7-14-29(19-20)13-6-4-5-9-22(30)27(2)17-18-28-15-10-21(11-16-28)33-24(25)32;1-2-4-9(5-3-1)12-8-10-6-7-11(10)12/h20-21H,3-19H2,1-2H3,(H2,25,32)(H,26,31);1-8H. The largest absolute Gasteiger partial charge is 0.446 e.